The lowest BCUT2D eigenvalue weighted by Crippen LogP contribution is -2.52. The number of piperidine rings is 1. The highest BCUT2D eigenvalue weighted by atomic mass is 16.5. The van der Waals surface area contributed by atoms with Crippen LogP contribution in [0.1, 0.15) is 45.4 Å². The summed E-state index contributed by atoms with van der Waals surface area (Å²) in [5, 5.41) is 0. The monoisotopic (exact) mass is 226 g/mol. The number of ether oxygens (including phenoxy) is 1. The maximum Gasteiger partial charge on any atom is 0.0702 e. The fourth-order valence-corrected chi connectivity index (χ4v) is 3.11. The lowest BCUT2D eigenvalue weighted by atomic mass is 9.95. The second-order valence-electron chi connectivity index (χ2n) is 5.35. The number of nitrogens with two attached hydrogens (primary N) is 1. The van der Waals surface area contributed by atoms with Crippen molar-refractivity contribution in [3.8, 4) is 0 Å². The number of nitrogens with zero attached hydrogens (tertiary/aromatic N) is 1. The molecule has 0 aromatic carbocycles. The van der Waals surface area contributed by atoms with Gasteiger partial charge in [-0.2, -0.15) is 0 Å². The Morgan fingerprint density at radius 1 is 1.19 bits per heavy atom. The number of hydrogen-bond donors (Lipinski definition) is 1. The summed E-state index contributed by atoms with van der Waals surface area (Å²) in [5.41, 5.74) is 5.88. The largest absolute Gasteiger partial charge is 0.377 e. The first kappa shape index (κ1) is 12.3. The standard InChI is InChI=1S/C13H26N2O/c1-11-5-4-6-12(9-14)15(11)10-13-7-2-3-8-16-13/h11-13H,2-10,14H2,1H3. The Balaban J connectivity index is 1.88. The van der Waals surface area contributed by atoms with Gasteiger partial charge >= 0.3 is 0 Å². The third kappa shape index (κ3) is 2.96. The molecule has 0 radical (unpaired) electrons. The van der Waals surface area contributed by atoms with Gasteiger partial charge < -0.3 is 10.5 Å². The molecule has 0 amide bonds. The smallest absolute Gasteiger partial charge is 0.0702 e. The van der Waals surface area contributed by atoms with Crippen LogP contribution in [-0.4, -0.2) is 42.8 Å². The molecule has 2 saturated heterocycles. The predicted octanol–water partition coefficient (Wildman–Crippen LogP) is 1.76. The van der Waals surface area contributed by atoms with E-state index in [1.165, 1.54) is 38.5 Å². The van der Waals surface area contributed by atoms with Gasteiger partial charge in [-0.15, -0.1) is 0 Å². The molecule has 2 aliphatic rings. The summed E-state index contributed by atoms with van der Waals surface area (Å²) in [4.78, 5) is 2.60. The van der Waals surface area contributed by atoms with Crippen molar-refractivity contribution in [3.63, 3.8) is 0 Å². The Kier molecular flexibility index (Phi) is 4.62. The Labute approximate surface area is 99.3 Å². The summed E-state index contributed by atoms with van der Waals surface area (Å²) in [5.74, 6) is 0. The summed E-state index contributed by atoms with van der Waals surface area (Å²) in [6, 6.07) is 1.28. The molecule has 3 heteroatoms. The Bertz CT molecular complexity index is 204. The molecule has 0 saturated carbocycles. The van der Waals surface area contributed by atoms with Crippen LogP contribution in [0.5, 0.6) is 0 Å². The van der Waals surface area contributed by atoms with Gasteiger partial charge in [0.15, 0.2) is 0 Å². The molecule has 0 aromatic rings. The molecular weight excluding hydrogens is 200 g/mol. The molecule has 3 nitrogen and oxygen atoms in total. The third-order valence-corrected chi connectivity index (χ3v) is 4.15. The predicted molar refractivity (Wildman–Crippen MR) is 66.5 cm³/mol. The van der Waals surface area contributed by atoms with Crippen molar-refractivity contribution in [3.05, 3.63) is 0 Å². The van der Waals surface area contributed by atoms with E-state index in [0.29, 0.717) is 18.2 Å². The van der Waals surface area contributed by atoms with Crippen LogP contribution in [0.25, 0.3) is 0 Å². The summed E-state index contributed by atoms with van der Waals surface area (Å²) in [6.45, 7) is 5.20. The second kappa shape index (κ2) is 5.99. The van der Waals surface area contributed by atoms with Gasteiger partial charge in [-0.1, -0.05) is 6.42 Å². The summed E-state index contributed by atoms with van der Waals surface area (Å²) < 4.78 is 5.84. The zero-order valence-electron chi connectivity index (χ0n) is 10.5. The Morgan fingerprint density at radius 3 is 2.75 bits per heavy atom. The van der Waals surface area contributed by atoms with E-state index >= 15 is 0 Å². The molecule has 0 spiro atoms. The maximum atomic E-state index is 5.88. The molecular formula is C13H26N2O. The SMILES string of the molecule is CC1CCCC(CN)N1CC1CCCCO1. The van der Waals surface area contributed by atoms with Gasteiger partial charge in [0.2, 0.25) is 0 Å². The Morgan fingerprint density at radius 2 is 2.06 bits per heavy atom. The van der Waals surface area contributed by atoms with Crippen molar-refractivity contribution >= 4 is 0 Å². The van der Waals surface area contributed by atoms with Crippen LogP contribution in [0.4, 0.5) is 0 Å². The molecule has 0 bridgehead atoms. The van der Waals surface area contributed by atoms with Gasteiger partial charge in [0.25, 0.3) is 0 Å². The number of likely N-dealkylation sites (tertiary alicyclic amines) is 1. The Hall–Kier alpha value is -0.120. The zero-order valence-corrected chi connectivity index (χ0v) is 10.5. The topological polar surface area (TPSA) is 38.5 Å². The van der Waals surface area contributed by atoms with E-state index in [1.807, 2.05) is 0 Å². The molecule has 0 aromatic heterocycles. The average Bonchev–Trinajstić information content (AvgIpc) is 2.33. The molecule has 3 unspecified atom stereocenters. The van der Waals surface area contributed by atoms with E-state index < -0.39 is 0 Å². The van der Waals surface area contributed by atoms with Crippen LogP contribution in [0.15, 0.2) is 0 Å². The van der Waals surface area contributed by atoms with E-state index in [9.17, 15) is 0 Å². The van der Waals surface area contributed by atoms with Crippen molar-refractivity contribution in [2.45, 2.75) is 63.6 Å². The lowest BCUT2D eigenvalue weighted by molar-refractivity contribution is -0.0303. The first-order valence-corrected chi connectivity index (χ1v) is 6.88. The molecule has 94 valence electrons. The van der Waals surface area contributed by atoms with Crippen LogP contribution in [0.2, 0.25) is 0 Å². The van der Waals surface area contributed by atoms with Gasteiger partial charge in [0, 0.05) is 31.8 Å². The highest BCUT2D eigenvalue weighted by Crippen LogP contribution is 2.24. The van der Waals surface area contributed by atoms with E-state index in [0.717, 1.165) is 19.7 Å². The van der Waals surface area contributed by atoms with Crippen LogP contribution in [0.3, 0.4) is 0 Å². The summed E-state index contributed by atoms with van der Waals surface area (Å²) >= 11 is 0. The minimum Gasteiger partial charge on any atom is -0.377 e. The fraction of sp³-hybridized carbons (Fsp3) is 1.00. The van der Waals surface area contributed by atoms with E-state index in [2.05, 4.69) is 11.8 Å². The molecule has 0 aliphatic carbocycles. The lowest BCUT2D eigenvalue weighted by Gasteiger charge is -2.42. The molecule has 3 atom stereocenters. The van der Waals surface area contributed by atoms with Crippen LogP contribution in [-0.2, 0) is 4.74 Å². The third-order valence-electron chi connectivity index (χ3n) is 4.15. The second-order valence-corrected chi connectivity index (χ2v) is 5.35. The van der Waals surface area contributed by atoms with Gasteiger partial charge in [-0.3, -0.25) is 4.90 Å². The highest BCUT2D eigenvalue weighted by Gasteiger charge is 2.29. The maximum absolute atomic E-state index is 5.88. The first-order chi connectivity index (χ1) is 7.81. The van der Waals surface area contributed by atoms with E-state index in [1.54, 1.807) is 0 Å². The molecule has 2 heterocycles. The minimum absolute atomic E-state index is 0.461. The molecule has 2 rings (SSSR count). The van der Waals surface area contributed by atoms with Crippen molar-refractivity contribution in [2.75, 3.05) is 19.7 Å². The van der Waals surface area contributed by atoms with E-state index in [4.69, 9.17) is 10.5 Å². The van der Waals surface area contributed by atoms with Crippen molar-refractivity contribution in [2.24, 2.45) is 5.73 Å². The van der Waals surface area contributed by atoms with Gasteiger partial charge in [-0.05, 0) is 39.0 Å². The average molecular weight is 226 g/mol. The van der Waals surface area contributed by atoms with Crippen molar-refractivity contribution < 1.29 is 4.74 Å². The quantitative estimate of drug-likeness (QED) is 0.797. The molecule has 2 fully saturated rings. The first-order valence-electron chi connectivity index (χ1n) is 6.88. The van der Waals surface area contributed by atoms with Crippen molar-refractivity contribution in [1.29, 1.82) is 0 Å². The van der Waals surface area contributed by atoms with Gasteiger partial charge in [0.05, 0.1) is 6.10 Å². The van der Waals surface area contributed by atoms with Gasteiger partial charge in [-0.25, -0.2) is 0 Å². The zero-order chi connectivity index (χ0) is 11.4. The minimum atomic E-state index is 0.461. The molecule has 2 N–H and O–H groups in total. The van der Waals surface area contributed by atoms with Crippen LogP contribution < -0.4 is 5.73 Å². The normalized spacial score (nSPS) is 37.5. The molecule has 2 aliphatic heterocycles. The number of rotatable bonds is 3. The summed E-state index contributed by atoms with van der Waals surface area (Å²) in [7, 11) is 0. The molecule has 16 heavy (non-hydrogen) atoms. The van der Waals surface area contributed by atoms with Crippen LogP contribution >= 0.6 is 0 Å². The van der Waals surface area contributed by atoms with Crippen molar-refractivity contribution in [1.82, 2.24) is 4.90 Å². The summed E-state index contributed by atoms with van der Waals surface area (Å²) in [6.07, 6.45) is 8.21. The number of hydrogen-bond acceptors (Lipinski definition) is 3. The highest BCUT2D eigenvalue weighted by molar-refractivity contribution is 4.85. The van der Waals surface area contributed by atoms with Gasteiger partial charge in [0.1, 0.15) is 0 Å². The van der Waals surface area contributed by atoms with E-state index in [-0.39, 0.29) is 0 Å². The fourth-order valence-electron chi connectivity index (χ4n) is 3.11. The van der Waals surface area contributed by atoms with Crippen LogP contribution in [0, 0.1) is 0 Å².